The van der Waals surface area contributed by atoms with Crippen molar-refractivity contribution in [3.8, 4) is 11.5 Å². The fourth-order valence-corrected chi connectivity index (χ4v) is 3.48. The van der Waals surface area contributed by atoms with Crippen molar-refractivity contribution < 1.29 is 23.9 Å². The molecular formula is C24H26N2O5. The summed E-state index contributed by atoms with van der Waals surface area (Å²) in [5.41, 5.74) is 4.54. The van der Waals surface area contributed by atoms with Crippen LogP contribution in [0.3, 0.4) is 0 Å². The number of hydrogen-bond acceptors (Lipinski definition) is 5. The van der Waals surface area contributed by atoms with Crippen LogP contribution in [0.4, 0.5) is 5.69 Å². The van der Waals surface area contributed by atoms with Crippen molar-refractivity contribution in [2.75, 3.05) is 18.5 Å². The summed E-state index contributed by atoms with van der Waals surface area (Å²) in [6.07, 6.45) is 1.76. The van der Waals surface area contributed by atoms with Crippen LogP contribution in [-0.4, -0.2) is 30.9 Å². The number of carbonyl (C=O) groups excluding carboxylic acids is 3. The van der Waals surface area contributed by atoms with Crippen molar-refractivity contribution in [1.29, 1.82) is 0 Å². The van der Waals surface area contributed by atoms with E-state index in [1.54, 1.807) is 30.3 Å². The van der Waals surface area contributed by atoms with Crippen molar-refractivity contribution >= 4 is 29.5 Å². The SMILES string of the molecule is CCNC(=O)c1cccc(NC(=O)C2=Cc3c(C)c(OC(C)=O)c(C)c(C)c3OC2)c1. The lowest BCUT2D eigenvalue weighted by Gasteiger charge is -2.24. The van der Waals surface area contributed by atoms with Gasteiger partial charge in [-0.25, -0.2) is 0 Å². The average Bonchev–Trinajstić information content (AvgIpc) is 2.75. The lowest BCUT2D eigenvalue weighted by atomic mass is 9.94. The first-order valence-corrected chi connectivity index (χ1v) is 10.1. The summed E-state index contributed by atoms with van der Waals surface area (Å²) in [5, 5.41) is 5.55. The third kappa shape index (κ3) is 4.60. The van der Waals surface area contributed by atoms with Crippen LogP contribution >= 0.6 is 0 Å². The first-order valence-electron chi connectivity index (χ1n) is 10.1. The average molecular weight is 422 g/mol. The lowest BCUT2D eigenvalue weighted by molar-refractivity contribution is -0.132. The Morgan fingerprint density at radius 2 is 1.81 bits per heavy atom. The molecule has 0 saturated heterocycles. The first kappa shape index (κ1) is 22.1. The molecule has 162 valence electrons. The van der Waals surface area contributed by atoms with Crippen molar-refractivity contribution in [3.05, 3.63) is 57.7 Å². The molecule has 1 heterocycles. The molecule has 2 aromatic carbocycles. The first-order chi connectivity index (χ1) is 14.7. The zero-order valence-electron chi connectivity index (χ0n) is 18.3. The van der Waals surface area contributed by atoms with Crippen LogP contribution in [0.1, 0.15) is 46.5 Å². The van der Waals surface area contributed by atoms with Gasteiger partial charge in [0.15, 0.2) is 0 Å². The van der Waals surface area contributed by atoms with Gasteiger partial charge < -0.3 is 20.1 Å². The number of nitrogens with one attached hydrogen (secondary N) is 2. The van der Waals surface area contributed by atoms with E-state index in [1.165, 1.54) is 6.92 Å². The third-order valence-corrected chi connectivity index (χ3v) is 5.18. The van der Waals surface area contributed by atoms with Crippen LogP contribution in [0.5, 0.6) is 11.5 Å². The van der Waals surface area contributed by atoms with Gasteiger partial charge in [-0.15, -0.1) is 0 Å². The Labute approximate surface area is 181 Å². The molecule has 31 heavy (non-hydrogen) atoms. The van der Waals surface area contributed by atoms with Crippen molar-refractivity contribution in [1.82, 2.24) is 5.32 Å². The summed E-state index contributed by atoms with van der Waals surface area (Å²) in [6, 6.07) is 6.74. The molecule has 7 heteroatoms. The zero-order chi connectivity index (χ0) is 22.7. The molecule has 0 atom stereocenters. The topological polar surface area (TPSA) is 93.7 Å². The molecular weight excluding hydrogens is 396 g/mol. The summed E-state index contributed by atoms with van der Waals surface area (Å²) in [5.74, 6) is 0.231. The fraction of sp³-hybridized carbons (Fsp3) is 0.292. The molecule has 1 aliphatic rings. The number of esters is 1. The van der Waals surface area contributed by atoms with Gasteiger partial charge in [-0.2, -0.15) is 0 Å². The van der Waals surface area contributed by atoms with E-state index in [1.807, 2.05) is 27.7 Å². The van der Waals surface area contributed by atoms with Gasteiger partial charge >= 0.3 is 5.97 Å². The van der Waals surface area contributed by atoms with Crippen molar-refractivity contribution in [2.24, 2.45) is 0 Å². The van der Waals surface area contributed by atoms with E-state index in [9.17, 15) is 14.4 Å². The molecule has 0 aliphatic carbocycles. The Hall–Kier alpha value is -3.61. The summed E-state index contributed by atoms with van der Waals surface area (Å²) in [7, 11) is 0. The molecule has 0 spiro atoms. The van der Waals surface area contributed by atoms with Gasteiger partial charge in [0.05, 0.1) is 5.57 Å². The van der Waals surface area contributed by atoms with Gasteiger partial charge in [0, 0.05) is 35.8 Å². The van der Waals surface area contributed by atoms with Crippen LogP contribution in [0, 0.1) is 20.8 Å². The fourth-order valence-electron chi connectivity index (χ4n) is 3.48. The molecule has 0 aromatic heterocycles. The summed E-state index contributed by atoms with van der Waals surface area (Å²) in [6.45, 7) is 9.43. The van der Waals surface area contributed by atoms with Crippen LogP contribution in [-0.2, 0) is 9.59 Å². The van der Waals surface area contributed by atoms with Crippen molar-refractivity contribution in [3.63, 3.8) is 0 Å². The molecule has 7 nitrogen and oxygen atoms in total. The van der Waals surface area contributed by atoms with Gasteiger partial charge in [-0.1, -0.05) is 6.07 Å². The van der Waals surface area contributed by atoms with Crippen LogP contribution in [0.25, 0.3) is 6.08 Å². The molecule has 0 saturated carbocycles. The Morgan fingerprint density at radius 1 is 1.06 bits per heavy atom. The second kappa shape index (κ2) is 9.04. The minimum Gasteiger partial charge on any atom is -0.488 e. The Balaban J connectivity index is 1.90. The predicted molar refractivity (Wildman–Crippen MR) is 119 cm³/mol. The quantitative estimate of drug-likeness (QED) is 0.566. The van der Waals surface area contributed by atoms with E-state index < -0.39 is 5.97 Å². The number of anilines is 1. The van der Waals surface area contributed by atoms with Crippen LogP contribution in [0.2, 0.25) is 0 Å². The van der Waals surface area contributed by atoms with Gasteiger partial charge in [-0.05, 0) is 63.1 Å². The molecule has 0 bridgehead atoms. The molecule has 0 radical (unpaired) electrons. The van der Waals surface area contributed by atoms with E-state index in [2.05, 4.69) is 10.6 Å². The molecule has 0 fully saturated rings. The highest BCUT2D eigenvalue weighted by Crippen LogP contribution is 2.41. The van der Waals surface area contributed by atoms with Gasteiger partial charge in [0.2, 0.25) is 0 Å². The van der Waals surface area contributed by atoms with E-state index >= 15 is 0 Å². The second-order valence-corrected chi connectivity index (χ2v) is 7.39. The molecule has 3 rings (SSSR count). The van der Waals surface area contributed by atoms with Crippen LogP contribution in [0.15, 0.2) is 29.8 Å². The van der Waals surface area contributed by atoms with Gasteiger partial charge in [0.25, 0.3) is 11.8 Å². The Kier molecular flexibility index (Phi) is 6.44. The zero-order valence-corrected chi connectivity index (χ0v) is 18.3. The number of benzene rings is 2. The molecule has 2 aromatic rings. The summed E-state index contributed by atoms with van der Waals surface area (Å²) >= 11 is 0. The smallest absolute Gasteiger partial charge is 0.308 e. The molecule has 2 N–H and O–H groups in total. The minimum absolute atomic E-state index is 0.113. The van der Waals surface area contributed by atoms with E-state index in [4.69, 9.17) is 9.47 Å². The standard InChI is InChI=1S/C24H26N2O5/c1-6-25-23(28)17-8-7-9-19(10-17)26-24(29)18-11-20-15(4)21(31-16(5)27)13(2)14(3)22(20)30-12-18/h7-11H,6,12H2,1-5H3,(H,25,28)(H,26,29). The predicted octanol–water partition coefficient (Wildman–Crippen LogP) is 3.70. The maximum Gasteiger partial charge on any atom is 0.308 e. The number of rotatable bonds is 5. The molecule has 1 aliphatic heterocycles. The van der Waals surface area contributed by atoms with E-state index in [0.717, 1.165) is 16.7 Å². The highest BCUT2D eigenvalue weighted by Gasteiger charge is 2.25. The number of amides is 2. The third-order valence-electron chi connectivity index (χ3n) is 5.18. The highest BCUT2D eigenvalue weighted by molar-refractivity contribution is 6.08. The minimum atomic E-state index is -0.406. The monoisotopic (exact) mass is 422 g/mol. The number of fused-ring (bicyclic) bond motifs is 1. The summed E-state index contributed by atoms with van der Waals surface area (Å²) < 4.78 is 11.3. The maximum absolute atomic E-state index is 12.9. The number of carbonyl (C=O) groups is 3. The normalized spacial score (nSPS) is 12.2. The van der Waals surface area contributed by atoms with Crippen LogP contribution < -0.4 is 20.1 Å². The number of hydrogen-bond donors (Lipinski definition) is 2. The number of ether oxygens (including phenoxy) is 2. The highest BCUT2D eigenvalue weighted by atomic mass is 16.5. The van der Waals surface area contributed by atoms with Gasteiger partial charge in [-0.3, -0.25) is 14.4 Å². The lowest BCUT2D eigenvalue weighted by Crippen LogP contribution is -2.24. The molecule has 2 amide bonds. The van der Waals surface area contributed by atoms with Gasteiger partial charge in [0.1, 0.15) is 18.1 Å². The van der Waals surface area contributed by atoms with Crippen molar-refractivity contribution in [2.45, 2.75) is 34.6 Å². The second-order valence-electron chi connectivity index (χ2n) is 7.39. The van der Waals surface area contributed by atoms with E-state index in [-0.39, 0.29) is 18.4 Å². The Morgan fingerprint density at radius 3 is 2.48 bits per heavy atom. The Bertz CT molecular complexity index is 1100. The largest absolute Gasteiger partial charge is 0.488 e. The summed E-state index contributed by atoms with van der Waals surface area (Å²) in [4.78, 5) is 36.4. The van der Waals surface area contributed by atoms with E-state index in [0.29, 0.717) is 40.4 Å². The maximum atomic E-state index is 12.9. The molecule has 0 unspecified atom stereocenters.